The van der Waals surface area contributed by atoms with Crippen molar-refractivity contribution in [3.05, 3.63) is 6.07 Å². The first-order chi connectivity index (χ1) is 6.63. The molecule has 0 aliphatic carbocycles. The second-order valence-electron chi connectivity index (χ2n) is 2.65. The maximum absolute atomic E-state index is 12.1. The molecule has 0 fully saturated rings. The number of aromatic nitrogens is 1. The number of halogens is 2. The molecule has 0 aliphatic heterocycles. The molecule has 0 saturated heterocycles. The topological polar surface area (TPSA) is 62.4 Å². The van der Waals surface area contributed by atoms with Crippen LogP contribution in [-0.2, 0) is 0 Å². The second-order valence-corrected chi connectivity index (χ2v) is 3.43. The number of rotatable bonds is 5. The lowest BCUT2D eigenvalue weighted by atomic mass is 10.4. The first-order valence-corrected chi connectivity index (χ1v) is 4.77. The van der Waals surface area contributed by atoms with E-state index in [-0.39, 0.29) is 13.2 Å². The summed E-state index contributed by atoms with van der Waals surface area (Å²) in [6.07, 6.45) is -2.44. The van der Waals surface area contributed by atoms with Crippen molar-refractivity contribution in [3.63, 3.8) is 0 Å². The van der Waals surface area contributed by atoms with E-state index in [2.05, 4.69) is 4.37 Å². The molecule has 1 aromatic rings. The molecule has 14 heavy (non-hydrogen) atoms. The fourth-order valence-corrected chi connectivity index (χ4v) is 1.71. The number of anilines is 2. The fraction of sp³-hybridized carbons (Fsp3) is 0.571. The lowest BCUT2D eigenvalue weighted by molar-refractivity contribution is 0.153. The Balaban J connectivity index is 2.66. The predicted octanol–water partition coefficient (Wildman–Crippen LogP) is 0.789. The van der Waals surface area contributed by atoms with Gasteiger partial charge in [-0.15, -0.1) is 0 Å². The number of hydrogen-bond acceptors (Lipinski definition) is 5. The van der Waals surface area contributed by atoms with Gasteiger partial charge in [0.15, 0.2) is 0 Å². The third-order valence-electron chi connectivity index (χ3n) is 1.56. The van der Waals surface area contributed by atoms with Gasteiger partial charge in [0.1, 0.15) is 10.8 Å². The van der Waals surface area contributed by atoms with Crippen LogP contribution in [0.25, 0.3) is 0 Å². The third kappa shape index (κ3) is 3.08. The minimum absolute atomic E-state index is 0.159. The molecule has 1 heterocycles. The van der Waals surface area contributed by atoms with E-state index in [4.69, 9.17) is 10.8 Å². The molecule has 0 unspecified atom stereocenters. The Kier molecular flexibility index (Phi) is 4.02. The molecule has 0 amide bonds. The summed E-state index contributed by atoms with van der Waals surface area (Å²) in [5.74, 6) is 0.308. The standard InChI is InChI=1S/C7H11F2N3OS/c8-5(9)4-12(1-2-13)7-3-6(10)11-14-7/h3,5,13H,1-2,4H2,(H2,10,11). The Hall–Kier alpha value is -0.950. The summed E-state index contributed by atoms with van der Waals surface area (Å²) in [7, 11) is 0. The highest BCUT2D eigenvalue weighted by atomic mass is 32.1. The van der Waals surface area contributed by atoms with Gasteiger partial charge in [-0.2, -0.15) is 4.37 Å². The van der Waals surface area contributed by atoms with E-state index in [1.54, 1.807) is 0 Å². The fourth-order valence-electron chi connectivity index (χ4n) is 1.01. The van der Waals surface area contributed by atoms with Gasteiger partial charge in [0, 0.05) is 12.6 Å². The minimum Gasteiger partial charge on any atom is -0.395 e. The van der Waals surface area contributed by atoms with E-state index in [1.165, 1.54) is 11.0 Å². The summed E-state index contributed by atoms with van der Waals surface area (Å²) >= 11 is 1.05. The van der Waals surface area contributed by atoms with Gasteiger partial charge in [-0.1, -0.05) is 0 Å². The smallest absolute Gasteiger partial charge is 0.255 e. The van der Waals surface area contributed by atoms with E-state index in [1.807, 2.05) is 0 Å². The van der Waals surface area contributed by atoms with E-state index < -0.39 is 13.0 Å². The Bertz CT molecular complexity index is 282. The molecule has 0 saturated carbocycles. The first kappa shape index (κ1) is 11.1. The molecule has 0 aliphatic rings. The quantitative estimate of drug-likeness (QED) is 0.774. The molecule has 1 rings (SSSR count). The van der Waals surface area contributed by atoms with E-state index >= 15 is 0 Å². The van der Waals surface area contributed by atoms with Crippen LogP contribution < -0.4 is 10.6 Å². The van der Waals surface area contributed by atoms with Crippen molar-refractivity contribution in [1.82, 2.24) is 4.37 Å². The van der Waals surface area contributed by atoms with E-state index in [0.29, 0.717) is 10.8 Å². The maximum Gasteiger partial charge on any atom is 0.255 e. The van der Waals surface area contributed by atoms with Gasteiger partial charge < -0.3 is 15.7 Å². The minimum atomic E-state index is -2.44. The SMILES string of the molecule is Nc1cc(N(CCO)CC(F)F)sn1. The number of nitrogens with zero attached hydrogens (tertiary/aromatic N) is 2. The third-order valence-corrected chi connectivity index (χ3v) is 2.42. The van der Waals surface area contributed by atoms with Gasteiger partial charge in [0.05, 0.1) is 13.2 Å². The van der Waals surface area contributed by atoms with Crippen molar-refractivity contribution in [2.45, 2.75) is 6.43 Å². The van der Waals surface area contributed by atoms with Crippen molar-refractivity contribution in [2.75, 3.05) is 30.3 Å². The van der Waals surface area contributed by atoms with Crippen molar-refractivity contribution < 1.29 is 13.9 Å². The van der Waals surface area contributed by atoms with Crippen molar-refractivity contribution in [2.24, 2.45) is 0 Å². The van der Waals surface area contributed by atoms with Gasteiger partial charge >= 0.3 is 0 Å². The molecule has 4 nitrogen and oxygen atoms in total. The normalized spacial score (nSPS) is 10.9. The summed E-state index contributed by atoms with van der Waals surface area (Å²) in [6, 6.07) is 1.52. The highest BCUT2D eigenvalue weighted by Gasteiger charge is 2.14. The van der Waals surface area contributed by atoms with Crippen molar-refractivity contribution >= 4 is 22.4 Å². The molecule has 0 spiro atoms. The predicted molar refractivity (Wildman–Crippen MR) is 51.8 cm³/mol. The Morgan fingerprint density at radius 3 is 2.79 bits per heavy atom. The van der Waals surface area contributed by atoms with Gasteiger partial charge in [0.25, 0.3) is 6.43 Å². The number of alkyl halides is 2. The summed E-state index contributed by atoms with van der Waals surface area (Å²) in [6.45, 7) is -0.432. The highest BCUT2D eigenvalue weighted by Crippen LogP contribution is 2.23. The lowest BCUT2D eigenvalue weighted by Gasteiger charge is -2.20. The maximum atomic E-state index is 12.1. The van der Waals surface area contributed by atoms with E-state index in [9.17, 15) is 8.78 Å². The Labute approximate surface area is 84.1 Å². The monoisotopic (exact) mass is 223 g/mol. The molecule has 1 aromatic heterocycles. The summed E-state index contributed by atoms with van der Waals surface area (Å²) in [5.41, 5.74) is 5.37. The largest absolute Gasteiger partial charge is 0.395 e. The number of aliphatic hydroxyl groups is 1. The molecular weight excluding hydrogens is 212 g/mol. The van der Waals surface area contributed by atoms with Gasteiger partial charge in [0.2, 0.25) is 0 Å². The molecule has 7 heteroatoms. The molecule has 0 atom stereocenters. The molecule has 3 N–H and O–H groups in total. The van der Waals surface area contributed by atoms with Crippen LogP contribution in [0.15, 0.2) is 6.07 Å². The molecule has 0 radical (unpaired) electrons. The summed E-state index contributed by atoms with van der Waals surface area (Å²) in [5, 5.41) is 9.24. The van der Waals surface area contributed by atoms with Gasteiger partial charge in [-0.25, -0.2) is 8.78 Å². The summed E-state index contributed by atoms with van der Waals surface area (Å²) < 4.78 is 28.0. The van der Waals surface area contributed by atoms with Crippen LogP contribution in [0.1, 0.15) is 0 Å². The number of nitrogens with two attached hydrogens (primary N) is 1. The van der Waals surface area contributed by atoms with Crippen LogP contribution in [0.4, 0.5) is 19.6 Å². The number of hydrogen-bond donors (Lipinski definition) is 2. The highest BCUT2D eigenvalue weighted by molar-refractivity contribution is 7.10. The Morgan fingerprint density at radius 2 is 2.36 bits per heavy atom. The van der Waals surface area contributed by atoms with Crippen LogP contribution >= 0.6 is 11.5 Å². The van der Waals surface area contributed by atoms with Crippen LogP contribution in [0.3, 0.4) is 0 Å². The zero-order chi connectivity index (χ0) is 10.6. The van der Waals surface area contributed by atoms with Crippen LogP contribution in [0.2, 0.25) is 0 Å². The zero-order valence-electron chi connectivity index (χ0n) is 7.36. The van der Waals surface area contributed by atoms with Crippen molar-refractivity contribution in [3.8, 4) is 0 Å². The van der Waals surface area contributed by atoms with Crippen LogP contribution in [0, 0.1) is 0 Å². The molecule has 0 aromatic carbocycles. The summed E-state index contributed by atoms with van der Waals surface area (Å²) in [4.78, 5) is 1.36. The lowest BCUT2D eigenvalue weighted by Crippen LogP contribution is -2.30. The Morgan fingerprint density at radius 1 is 1.64 bits per heavy atom. The zero-order valence-corrected chi connectivity index (χ0v) is 8.18. The van der Waals surface area contributed by atoms with E-state index in [0.717, 1.165) is 11.5 Å². The van der Waals surface area contributed by atoms with Crippen LogP contribution in [-0.4, -0.2) is 35.6 Å². The van der Waals surface area contributed by atoms with Gasteiger partial charge in [-0.3, -0.25) is 0 Å². The number of aliphatic hydroxyl groups excluding tert-OH is 1. The molecule has 0 bridgehead atoms. The number of nitrogen functional groups attached to an aromatic ring is 1. The van der Waals surface area contributed by atoms with Crippen LogP contribution in [0.5, 0.6) is 0 Å². The van der Waals surface area contributed by atoms with Crippen molar-refractivity contribution in [1.29, 1.82) is 0 Å². The average Bonchev–Trinajstić information content (AvgIpc) is 2.50. The molecule has 80 valence electrons. The molecular formula is C7H11F2N3OS. The second kappa shape index (κ2) is 5.06. The average molecular weight is 223 g/mol. The van der Waals surface area contributed by atoms with Gasteiger partial charge in [-0.05, 0) is 11.5 Å². The first-order valence-electron chi connectivity index (χ1n) is 3.99.